The van der Waals surface area contributed by atoms with E-state index in [1.807, 2.05) is 0 Å². The van der Waals surface area contributed by atoms with Crippen LogP contribution in [0.25, 0.3) is 0 Å². The van der Waals surface area contributed by atoms with Gasteiger partial charge in [0.25, 0.3) is 0 Å². The van der Waals surface area contributed by atoms with Crippen LogP contribution in [0.4, 0.5) is 0 Å². The molecule has 0 bridgehead atoms. The molecule has 1 saturated carbocycles. The minimum absolute atomic E-state index is 1.04. The second-order valence-corrected chi connectivity index (χ2v) is 5.55. The van der Waals surface area contributed by atoms with Gasteiger partial charge in [-0.3, -0.25) is 0 Å². The molecule has 16 heavy (non-hydrogen) atoms. The maximum atomic E-state index is 3.25. The fourth-order valence-electron chi connectivity index (χ4n) is 3.30. The lowest BCUT2D eigenvalue weighted by atomic mass is 9.76. The van der Waals surface area contributed by atoms with Crippen molar-refractivity contribution in [1.82, 2.24) is 5.32 Å². The van der Waals surface area contributed by atoms with Crippen molar-refractivity contribution in [3.63, 3.8) is 0 Å². The van der Waals surface area contributed by atoms with Gasteiger partial charge in [0.2, 0.25) is 0 Å². The van der Waals surface area contributed by atoms with Crippen LogP contribution in [0, 0.1) is 11.8 Å². The van der Waals surface area contributed by atoms with Crippen molar-refractivity contribution in [3.05, 3.63) is 0 Å². The molecule has 0 spiro atoms. The molecule has 1 nitrogen and oxygen atoms in total. The maximum Gasteiger partial charge on any atom is -0.00519 e. The number of rotatable bonds is 8. The second kappa shape index (κ2) is 9.04. The van der Waals surface area contributed by atoms with Crippen molar-refractivity contribution in [2.75, 3.05) is 13.6 Å². The average molecular weight is 225 g/mol. The van der Waals surface area contributed by atoms with Crippen LogP contribution >= 0.6 is 0 Å². The molecule has 0 amide bonds. The third-order valence-corrected chi connectivity index (χ3v) is 4.23. The molecule has 1 aliphatic rings. The Hall–Kier alpha value is -0.0400. The second-order valence-electron chi connectivity index (χ2n) is 5.55. The Balaban J connectivity index is 2.22. The van der Waals surface area contributed by atoms with E-state index >= 15 is 0 Å². The summed E-state index contributed by atoms with van der Waals surface area (Å²) in [6.45, 7) is 3.55. The summed E-state index contributed by atoms with van der Waals surface area (Å²) in [6.07, 6.45) is 14.7. The molecule has 1 fully saturated rings. The van der Waals surface area contributed by atoms with E-state index in [0.29, 0.717) is 0 Å². The van der Waals surface area contributed by atoms with Crippen LogP contribution in [0.1, 0.15) is 71.1 Å². The fourth-order valence-corrected chi connectivity index (χ4v) is 3.30. The Morgan fingerprint density at radius 2 is 1.81 bits per heavy atom. The van der Waals surface area contributed by atoms with Crippen LogP contribution in [-0.4, -0.2) is 13.6 Å². The van der Waals surface area contributed by atoms with E-state index in [1.165, 1.54) is 70.8 Å². The van der Waals surface area contributed by atoms with E-state index in [4.69, 9.17) is 0 Å². The van der Waals surface area contributed by atoms with E-state index in [9.17, 15) is 0 Å². The Kier molecular flexibility index (Phi) is 7.92. The highest BCUT2D eigenvalue weighted by atomic mass is 14.8. The van der Waals surface area contributed by atoms with Gasteiger partial charge in [-0.1, -0.05) is 64.7 Å². The molecule has 0 radical (unpaired) electrons. The SMILES string of the molecule is CCCC(CCCCNC)C1CCCCC1. The van der Waals surface area contributed by atoms with Gasteiger partial charge in [0.05, 0.1) is 0 Å². The molecule has 1 atom stereocenters. The smallest absolute Gasteiger partial charge is 0.00519 e. The van der Waals surface area contributed by atoms with Crippen LogP contribution in [0.3, 0.4) is 0 Å². The van der Waals surface area contributed by atoms with E-state index in [1.54, 1.807) is 0 Å². The molecular weight excluding hydrogens is 194 g/mol. The largest absolute Gasteiger partial charge is 0.320 e. The first-order chi connectivity index (χ1) is 7.88. The van der Waals surface area contributed by atoms with E-state index in [0.717, 1.165) is 11.8 Å². The lowest BCUT2D eigenvalue weighted by Gasteiger charge is -2.30. The van der Waals surface area contributed by atoms with Gasteiger partial charge in [-0.05, 0) is 31.8 Å². The van der Waals surface area contributed by atoms with E-state index in [2.05, 4.69) is 19.3 Å². The minimum atomic E-state index is 1.04. The van der Waals surface area contributed by atoms with Crippen molar-refractivity contribution in [1.29, 1.82) is 0 Å². The maximum absolute atomic E-state index is 3.25. The third kappa shape index (κ3) is 5.34. The summed E-state index contributed by atoms with van der Waals surface area (Å²) in [6, 6.07) is 0. The zero-order chi connectivity index (χ0) is 11.6. The van der Waals surface area contributed by atoms with Gasteiger partial charge in [-0.15, -0.1) is 0 Å². The van der Waals surface area contributed by atoms with E-state index in [-0.39, 0.29) is 0 Å². The predicted molar refractivity (Wildman–Crippen MR) is 72.8 cm³/mol. The quantitative estimate of drug-likeness (QED) is 0.605. The normalized spacial score (nSPS) is 19.9. The molecule has 1 N–H and O–H groups in total. The number of hydrogen-bond acceptors (Lipinski definition) is 1. The summed E-state index contributed by atoms with van der Waals surface area (Å²) >= 11 is 0. The Bertz CT molecular complexity index is 150. The van der Waals surface area contributed by atoms with Gasteiger partial charge in [0.15, 0.2) is 0 Å². The van der Waals surface area contributed by atoms with Crippen molar-refractivity contribution in [2.24, 2.45) is 11.8 Å². The first-order valence-corrected chi connectivity index (χ1v) is 7.53. The summed E-state index contributed by atoms with van der Waals surface area (Å²) in [5, 5.41) is 3.25. The number of hydrogen-bond donors (Lipinski definition) is 1. The van der Waals surface area contributed by atoms with Gasteiger partial charge in [0, 0.05) is 0 Å². The Labute approximate surface area is 102 Å². The average Bonchev–Trinajstić information content (AvgIpc) is 2.34. The summed E-state index contributed by atoms with van der Waals surface area (Å²) < 4.78 is 0. The zero-order valence-electron chi connectivity index (χ0n) is 11.4. The summed E-state index contributed by atoms with van der Waals surface area (Å²) in [7, 11) is 2.06. The highest BCUT2D eigenvalue weighted by Gasteiger charge is 2.22. The molecule has 1 heteroatoms. The molecule has 1 aliphatic carbocycles. The Morgan fingerprint density at radius 1 is 1.06 bits per heavy atom. The van der Waals surface area contributed by atoms with Crippen molar-refractivity contribution >= 4 is 0 Å². The van der Waals surface area contributed by atoms with E-state index < -0.39 is 0 Å². The van der Waals surface area contributed by atoms with Crippen molar-refractivity contribution in [2.45, 2.75) is 71.1 Å². The van der Waals surface area contributed by atoms with Crippen LogP contribution in [0.2, 0.25) is 0 Å². The molecule has 1 rings (SSSR count). The number of unbranched alkanes of at least 4 members (excludes halogenated alkanes) is 1. The molecule has 0 aromatic carbocycles. The van der Waals surface area contributed by atoms with Gasteiger partial charge in [-0.25, -0.2) is 0 Å². The highest BCUT2D eigenvalue weighted by Crippen LogP contribution is 2.35. The lowest BCUT2D eigenvalue weighted by Crippen LogP contribution is -2.18. The molecule has 1 unspecified atom stereocenters. The highest BCUT2D eigenvalue weighted by molar-refractivity contribution is 4.74. The number of nitrogens with one attached hydrogen (secondary N) is 1. The first kappa shape index (κ1) is 14.0. The third-order valence-electron chi connectivity index (χ3n) is 4.23. The standard InChI is InChI=1S/C15H31N/c1-3-9-14(12-7-8-13-16-2)15-10-5-4-6-11-15/h14-16H,3-13H2,1-2H3. The monoisotopic (exact) mass is 225 g/mol. The summed E-state index contributed by atoms with van der Waals surface area (Å²) in [4.78, 5) is 0. The molecule has 0 heterocycles. The molecule has 0 aromatic rings. The minimum Gasteiger partial charge on any atom is -0.320 e. The fraction of sp³-hybridized carbons (Fsp3) is 1.00. The topological polar surface area (TPSA) is 12.0 Å². The van der Waals surface area contributed by atoms with Gasteiger partial charge in [0.1, 0.15) is 0 Å². The van der Waals surface area contributed by atoms with Gasteiger partial charge < -0.3 is 5.32 Å². The molecule has 96 valence electrons. The lowest BCUT2D eigenvalue weighted by molar-refractivity contribution is 0.219. The molecule has 0 aromatic heterocycles. The van der Waals surface area contributed by atoms with Crippen LogP contribution in [0.5, 0.6) is 0 Å². The van der Waals surface area contributed by atoms with Crippen LogP contribution in [-0.2, 0) is 0 Å². The predicted octanol–water partition coefficient (Wildman–Crippen LogP) is 4.37. The molecule has 0 aliphatic heterocycles. The summed E-state index contributed by atoms with van der Waals surface area (Å²) in [5.74, 6) is 2.12. The van der Waals surface area contributed by atoms with Crippen molar-refractivity contribution < 1.29 is 0 Å². The van der Waals surface area contributed by atoms with Crippen molar-refractivity contribution in [3.8, 4) is 0 Å². The van der Waals surface area contributed by atoms with Gasteiger partial charge >= 0.3 is 0 Å². The zero-order valence-corrected chi connectivity index (χ0v) is 11.4. The molecule has 0 saturated heterocycles. The Morgan fingerprint density at radius 3 is 2.44 bits per heavy atom. The first-order valence-electron chi connectivity index (χ1n) is 7.53. The van der Waals surface area contributed by atoms with Gasteiger partial charge in [-0.2, -0.15) is 0 Å². The summed E-state index contributed by atoms with van der Waals surface area (Å²) in [5.41, 5.74) is 0. The molecular formula is C15H31N. The van der Waals surface area contributed by atoms with Crippen LogP contribution in [0.15, 0.2) is 0 Å². The van der Waals surface area contributed by atoms with Crippen LogP contribution < -0.4 is 5.32 Å².